The molecule has 0 aromatic heterocycles. The Bertz CT molecular complexity index is 115. The fourth-order valence-corrected chi connectivity index (χ4v) is 1.26. The summed E-state index contributed by atoms with van der Waals surface area (Å²) in [5.74, 6) is 0.580. The predicted molar refractivity (Wildman–Crippen MR) is 44.9 cm³/mol. The van der Waals surface area contributed by atoms with Crippen LogP contribution in [0.4, 0.5) is 0 Å². The van der Waals surface area contributed by atoms with Gasteiger partial charge in [0.15, 0.2) is 0 Å². The first-order chi connectivity index (χ1) is 5.83. The number of aliphatic hydroxyl groups excluding tert-OH is 2. The Morgan fingerprint density at radius 3 is 3.00 bits per heavy atom. The second kappa shape index (κ2) is 5.48. The van der Waals surface area contributed by atoms with Crippen LogP contribution in [0.1, 0.15) is 6.42 Å². The Balaban J connectivity index is 1.94. The van der Waals surface area contributed by atoms with E-state index in [2.05, 4.69) is 5.32 Å². The first kappa shape index (κ1) is 9.92. The van der Waals surface area contributed by atoms with Crippen LogP contribution in [0.5, 0.6) is 0 Å². The van der Waals surface area contributed by atoms with E-state index in [1.807, 2.05) is 0 Å². The summed E-state index contributed by atoms with van der Waals surface area (Å²) < 4.78 is 5.19. The summed E-state index contributed by atoms with van der Waals surface area (Å²) in [5.41, 5.74) is 0. The first-order valence-corrected chi connectivity index (χ1v) is 4.40. The Labute approximate surface area is 72.5 Å². The van der Waals surface area contributed by atoms with E-state index in [4.69, 9.17) is 14.9 Å². The van der Waals surface area contributed by atoms with Gasteiger partial charge in [-0.05, 0) is 12.3 Å². The number of rotatable bonds is 5. The predicted octanol–water partition coefficient (Wildman–Crippen LogP) is -1.03. The van der Waals surface area contributed by atoms with Crippen molar-refractivity contribution in [2.24, 2.45) is 5.92 Å². The smallest absolute Gasteiger partial charge is 0.0894 e. The van der Waals surface area contributed by atoms with Crippen LogP contribution in [0.3, 0.4) is 0 Å². The van der Waals surface area contributed by atoms with Gasteiger partial charge in [-0.1, -0.05) is 0 Å². The van der Waals surface area contributed by atoms with Crippen LogP contribution < -0.4 is 5.32 Å². The van der Waals surface area contributed by atoms with Crippen molar-refractivity contribution in [2.45, 2.75) is 12.5 Å². The zero-order valence-corrected chi connectivity index (χ0v) is 7.20. The fraction of sp³-hybridized carbons (Fsp3) is 1.00. The maximum atomic E-state index is 8.99. The minimum Gasteiger partial charge on any atom is -0.394 e. The van der Waals surface area contributed by atoms with Gasteiger partial charge < -0.3 is 20.3 Å². The number of nitrogens with one attached hydrogen (secondary N) is 1. The van der Waals surface area contributed by atoms with Crippen molar-refractivity contribution in [3.63, 3.8) is 0 Å². The summed E-state index contributed by atoms with van der Waals surface area (Å²) in [4.78, 5) is 0. The van der Waals surface area contributed by atoms with Gasteiger partial charge in [0.05, 0.1) is 19.3 Å². The molecule has 0 radical (unpaired) electrons. The van der Waals surface area contributed by atoms with Crippen molar-refractivity contribution in [2.75, 3.05) is 32.9 Å². The van der Waals surface area contributed by atoms with Gasteiger partial charge in [0.2, 0.25) is 0 Å². The molecule has 0 amide bonds. The summed E-state index contributed by atoms with van der Waals surface area (Å²) in [5, 5.41) is 20.6. The van der Waals surface area contributed by atoms with Crippen LogP contribution in [-0.4, -0.2) is 49.2 Å². The largest absolute Gasteiger partial charge is 0.394 e. The standard InChI is InChI=1S/C8H17NO3/c10-5-8(11)4-9-3-7-1-2-12-6-7/h7-11H,1-6H2. The summed E-state index contributed by atoms with van der Waals surface area (Å²) in [6.45, 7) is 2.84. The normalized spacial score (nSPS) is 26.0. The number of ether oxygens (including phenoxy) is 1. The van der Waals surface area contributed by atoms with Gasteiger partial charge in [0.1, 0.15) is 0 Å². The minimum atomic E-state index is -0.632. The van der Waals surface area contributed by atoms with E-state index in [0.29, 0.717) is 12.5 Å². The Kier molecular flexibility index (Phi) is 4.53. The van der Waals surface area contributed by atoms with Crippen LogP contribution in [-0.2, 0) is 4.74 Å². The van der Waals surface area contributed by atoms with Crippen molar-refractivity contribution >= 4 is 0 Å². The van der Waals surface area contributed by atoms with E-state index >= 15 is 0 Å². The van der Waals surface area contributed by atoms with Gasteiger partial charge in [-0.2, -0.15) is 0 Å². The van der Waals surface area contributed by atoms with Gasteiger partial charge in [-0.25, -0.2) is 0 Å². The Morgan fingerprint density at radius 1 is 1.58 bits per heavy atom. The molecular weight excluding hydrogens is 158 g/mol. The van der Waals surface area contributed by atoms with E-state index < -0.39 is 6.10 Å². The highest BCUT2D eigenvalue weighted by atomic mass is 16.5. The molecule has 1 aliphatic rings. The van der Waals surface area contributed by atoms with Gasteiger partial charge >= 0.3 is 0 Å². The second-order valence-corrected chi connectivity index (χ2v) is 3.22. The van der Waals surface area contributed by atoms with Crippen molar-refractivity contribution in [1.29, 1.82) is 0 Å². The van der Waals surface area contributed by atoms with Crippen molar-refractivity contribution < 1.29 is 14.9 Å². The van der Waals surface area contributed by atoms with Gasteiger partial charge in [-0.3, -0.25) is 0 Å². The molecule has 0 aliphatic carbocycles. The molecule has 0 aromatic carbocycles. The molecule has 4 heteroatoms. The number of aliphatic hydroxyl groups is 2. The summed E-state index contributed by atoms with van der Waals surface area (Å²) in [6.07, 6.45) is 0.467. The van der Waals surface area contributed by atoms with E-state index in [0.717, 1.165) is 26.2 Å². The lowest BCUT2D eigenvalue weighted by atomic mass is 10.1. The molecule has 1 rings (SSSR count). The van der Waals surface area contributed by atoms with Crippen LogP contribution >= 0.6 is 0 Å². The molecular formula is C8H17NO3. The Morgan fingerprint density at radius 2 is 2.42 bits per heavy atom. The lowest BCUT2D eigenvalue weighted by Crippen LogP contribution is -2.32. The molecule has 1 saturated heterocycles. The van der Waals surface area contributed by atoms with Crippen LogP contribution in [0.25, 0.3) is 0 Å². The molecule has 72 valence electrons. The molecule has 4 nitrogen and oxygen atoms in total. The summed E-state index contributed by atoms with van der Waals surface area (Å²) >= 11 is 0. The average molecular weight is 175 g/mol. The Hall–Kier alpha value is -0.160. The molecule has 1 heterocycles. The first-order valence-electron chi connectivity index (χ1n) is 4.40. The highest BCUT2D eigenvalue weighted by molar-refractivity contribution is 4.67. The molecule has 3 N–H and O–H groups in total. The SMILES string of the molecule is OCC(O)CNCC1CCOC1. The van der Waals surface area contributed by atoms with E-state index in [1.54, 1.807) is 0 Å². The van der Waals surface area contributed by atoms with Crippen LogP contribution in [0.15, 0.2) is 0 Å². The van der Waals surface area contributed by atoms with E-state index in [-0.39, 0.29) is 6.61 Å². The average Bonchev–Trinajstić information content (AvgIpc) is 2.57. The molecule has 1 fully saturated rings. The molecule has 0 aromatic rings. The quantitative estimate of drug-likeness (QED) is 0.500. The molecule has 0 saturated carbocycles. The van der Waals surface area contributed by atoms with Crippen molar-refractivity contribution in [3.8, 4) is 0 Å². The second-order valence-electron chi connectivity index (χ2n) is 3.22. The fourth-order valence-electron chi connectivity index (χ4n) is 1.26. The molecule has 0 spiro atoms. The lowest BCUT2D eigenvalue weighted by Gasteiger charge is -2.11. The molecule has 0 bridgehead atoms. The van der Waals surface area contributed by atoms with E-state index in [9.17, 15) is 0 Å². The zero-order valence-electron chi connectivity index (χ0n) is 7.20. The lowest BCUT2D eigenvalue weighted by molar-refractivity contribution is 0.0932. The monoisotopic (exact) mass is 175 g/mol. The minimum absolute atomic E-state index is 0.172. The van der Waals surface area contributed by atoms with Crippen LogP contribution in [0, 0.1) is 5.92 Å². The maximum absolute atomic E-state index is 8.99. The summed E-state index contributed by atoms with van der Waals surface area (Å²) in [7, 11) is 0. The highest BCUT2D eigenvalue weighted by Crippen LogP contribution is 2.10. The highest BCUT2D eigenvalue weighted by Gasteiger charge is 2.14. The molecule has 2 atom stereocenters. The number of hydrogen-bond acceptors (Lipinski definition) is 4. The number of hydrogen-bond donors (Lipinski definition) is 3. The molecule has 12 heavy (non-hydrogen) atoms. The van der Waals surface area contributed by atoms with Gasteiger partial charge in [0.25, 0.3) is 0 Å². The van der Waals surface area contributed by atoms with Gasteiger partial charge in [0, 0.05) is 19.7 Å². The topological polar surface area (TPSA) is 61.7 Å². The van der Waals surface area contributed by atoms with Gasteiger partial charge in [-0.15, -0.1) is 0 Å². The third kappa shape index (κ3) is 3.49. The van der Waals surface area contributed by atoms with E-state index in [1.165, 1.54) is 0 Å². The summed E-state index contributed by atoms with van der Waals surface area (Å²) in [6, 6.07) is 0. The molecule has 1 aliphatic heterocycles. The van der Waals surface area contributed by atoms with Crippen molar-refractivity contribution in [1.82, 2.24) is 5.32 Å². The third-order valence-electron chi connectivity index (χ3n) is 2.05. The maximum Gasteiger partial charge on any atom is 0.0894 e. The zero-order chi connectivity index (χ0) is 8.81. The van der Waals surface area contributed by atoms with Crippen LogP contribution in [0.2, 0.25) is 0 Å². The third-order valence-corrected chi connectivity index (χ3v) is 2.05. The van der Waals surface area contributed by atoms with Crippen molar-refractivity contribution in [3.05, 3.63) is 0 Å². The molecule has 2 unspecified atom stereocenters.